The summed E-state index contributed by atoms with van der Waals surface area (Å²) in [5.41, 5.74) is 3.30. The molecule has 2 aromatic rings. The number of para-hydroxylation sites is 1. The van der Waals surface area contributed by atoms with Crippen molar-refractivity contribution >= 4 is 11.6 Å². The van der Waals surface area contributed by atoms with Crippen molar-refractivity contribution in [1.82, 2.24) is 0 Å². The summed E-state index contributed by atoms with van der Waals surface area (Å²) in [6, 6.07) is 18.4. The normalized spacial score (nSPS) is 17.9. The molecule has 0 aromatic heterocycles. The smallest absolute Gasteiger partial charge is 0.186 e. The van der Waals surface area contributed by atoms with Gasteiger partial charge in [0.2, 0.25) is 0 Å². The molecule has 2 aromatic carbocycles. The molecule has 2 heteroatoms. The van der Waals surface area contributed by atoms with Crippen LogP contribution in [0, 0.1) is 0 Å². The molecule has 3 rings (SSSR count). The molecule has 1 heterocycles. The van der Waals surface area contributed by atoms with Crippen LogP contribution in [0.5, 0.6) is 0 Å². The van der Waals surface area contributed by atoms with Crippen LogP contribution in [0.4, 0.5) is 5.69 Å². The number of hydrogen-bond acceptors (Lipinski definition) is 2. The lowest BCUT2D eigenvalue weighted by atomic mass is 9.99. The molecule has 17 heavy (non-hydrogen) atoms. The second kappa shape index (κ2) is 4.06. The van der Waals surface area contributed by atoms with E-state index in [1.54, 1.807) is 0 Å². The monoisotopic (exact) mass is 223 g/mol. The van der Waals surface area contributed by atoms with Gasteiger partial charge in [-0.1, -0.05) is 48.5 Å². The Morgan fingerprint density at radius 1 is 0.941 bits per heavy atom. The molecule has 0 fully saturated rings. The van der Waals surface area contributed by atoms with Gasteiger partial charge in [-0.05, 0) is 11.6 Å². The lowest BCUT2D eigenvalue weighted by Crippen LogP contribution is -2.14. The van der Waals surface area contributed by atoms with Crippen LogP contribution in [0.25, 0.3) is 0 Å². The minimum Gasteiger partial charge on any atom is -0.468 e. The predicted molar refractivity (Wildman–Crippen MR) is 68.6 cm³/mol. The summed E-state index contributed by atoms with van der Waals surface area (Å²) in [4.78, 5) is 4.42. The van der Waals surface area contributed by atoms with Crippen LogP contribution in [0.1, 0.15) is 24.2 Å². The number of ether oxygens (including phenoxy) is 1. The van der Waals surface area contributed by atoms with E-state index in [4.69, 9.17) is 4.74 Å². The summed E-state index contributed by atoms with van der Waals surface area (Å²) in [5.74, 6) is 0.720. The number of aliphatic imine (C=N–C) groups is 1. The van der Waals surface area contributed by atoms with E-state index >= 15 is 0 Å². The highest BCUT2D eigenvalue weighted by atomic mass is 16.5. The van der Waals surface area contributed by atoms with E-state index in [0.717, 1.165) is 22.7 Å². The number of benzene rings is 2. The SMILES string of the molecule is CC1=Nc2ccccc2C(c2ccccc2)O1. The Bertz CT molecular complexity index is 560. The quantitative estimate of drug-likeness (QED) is 0.719. The first kappa shape index (κ1) is 10.1. The Hall–Kier alpha value is -2.09. The average molecular weight is 223 g/mol. The maximum absolute atomic E-state index is 5.85. The lowest BCUT2D eigenvalue weighted by molar-refractivity contribution is 0.226. The minimum absolute atomic E-state index is 0.0371. The van der Waals surface area contributed by atoms with Gasteiger partial charge >= 0.3 is 0 Å². The zero-order chi connectivity index (χ0) is 11.7. The van der Waals surface area contributed by atoms with Crippen molar-refractivity contribution in [3.05, 3.63) is 65.7 Å². The Labute approximate surface area is 101 Å². The fourth-order valence-corrected chi connectivity index (χ4v) is 2.12. The van der Waals surface area contributed by atoms with Gasteiger partial charge in [-0.25, -0.2) is 4.99 Å². The molecule has 1 atom stereocenters. The van der Waals surface area contributed by atoms with E-state index in [-0.39, 0.29) is 6.10 Å². The Morgan fingerprint density at radius 2 is 1.65 bits per heavy atom. The van der Waals surface area contributed by atoms with Crippen molar-refractivity contribution in [3.8, 4) is 0 Å². The second-order valence-electron chi connectivity index (χ2n) is 4.10. The molecule has 1 aliphatic heterocycles. The topological polar surface area (TPSA) is 21.6 Å². The summed E-state index contributed by atoms with van der Waals surface area (Å²) in [7, 11) is 0. The van der Waals surface area contributed by atoms with Gasteiger partial charge in [-0.15, -0.1) is 0 Å². The van der Waals surface area contributed by atoms with E-state index < -0.39 is 0 Å². The van der Waals surface area contributed by atoms with Crippen molar-refractivity contribution in [2.24, 2.45) is 4.99 Å². The third kappa shape index (κ3) is 1.82. The van der Waals surface area contributed by atoms with E-state index in [1.165, 1.54) is 0 Å². The maximum atomic E-state index is 5.85. The van der Waals surface area contributed by atoms with Gasteiger partial charge < -0.3 is 4.74 Å². The molecule has 0 saturated carbocycles. The molecule has 0 amide bonds. The molecule has 0 saturated heterocycles. The summed E-state index contributed by atoms with van der Waals surface area (Å²) >= 11 is 0. The van der Waals surface area contributed by atoms with Crippen molar-refractivity contribution in [3.63, 3.8) is 0 Å². The fourth-order valence-electron chi connectivity index (χ4n) is 2.12. The predicted octanol–water partition coefficient (Wildman–Crippen LogP) is 3.86. The summed E-state index contributed by atoms with van der Waals surface area (Å²) in [6.45, 7) is 1.89. The number of rotatable bonds is 1. The third-order valence-electron chi connectivity index (χ3n) is 2.89. The number of fused-ring (bicyclic) bond motifs is 1. The van der Waals surface area contributed by atoms with Crippen LogP contribution in [0.2, 0.25) is 0 Å². The Kier molecular flexibility index (Phi) is 2.41. The molecule has 2 nitrogen and oxygen atoms in total. The molecular formula is C15H13NO. The van der Waals surface area contributed by atoms with Gasteiger partial charge in [0.1, 0.15) is 0 Å². The van der Waals surface area contributed by atoms with E-state index in [2.05, 4.69) is 23.2 Å². The molecular weight excluding hydrogens is 210 g/mol. The molecule has 0 spiro atoms. The average Bonchev–Trinajstić information content (AvgIpc) is 2.39. The molecule has 0 radical (unpaired) electrons. The largest absolute Gasteiger partial charge is 0.468 e. The first-order valence-electron chi connectivity index (χ1n) is 5.70. The fraction of sp³-hybridized carbons (Fsp3) is 0.133. The van der Waals surface area contributed by atoms with Crippen LogP contribution >= 0.6 is 0 Å². The molecule has 0 N–H and O–H groups in total. The summed E-state index contributed by atoms with van der Waals surface area (Å²) < 4.78 is 5.85. The third-order valence-corrected chi connectivity index (χ3v) is 2.89. The molecule has 84 valence electrons. The maximum Gasteiger partial charge on any atom is 0.186 e. The van der Waals surface area contributed by atoms with Crippen LogP contribution in [-0.4, -0.2) is 5.90 Å². The first-order chi connectivity index (χ1) is 8.34. The zero-order valence-electron chi connectivity index (χ0n) is 9.63. The highest BCUT2D eigenvalue weighted by Gasteiger charge is 2.22. The van der Waals surface area contributed by atoms with Gasteiger partial charge in [0.05, 0.1) is 5.69 Å². The highest BCUT2D eigenvalue weighted by Crippen LogP contribution is 2.36. The van der Waals surface area contributed by atoms with Crippen molar-refractivity contribution in [1.29, 1.82) is 0 Å². The van der Waals surface area contributed by atoms with Gasteiger partial charge in [-0.3, -0.25) is 0 Å². The van der Waals surface area contributed by atoms with Crippen LogP contribution in [0.15, 0.2) is 59.6 Å². The van der Waals surface area contributed by atoms with Crippen LogP contribution in [0.3, 0.4) is 0 Å². The van der Waals surface area contributed by atoms with Gasteiger partial charge in [0.15, 0.2) is 12.0 Å². The van der Waals surface area contributed by atoms with Crippen molar-refractivity contribution in [2.45, 2.75) is 13.0 Å². The van der Waals surface area contributed by atoms with Crippen LogP contribution in [-0.2, 0) is 4.74 Å². The van der Waals surface area contributed by atoms with Crippen LogP contribution < -0.4 is 0 Å². The number of hydrogen-bond donors (Lipinski definition) is 0. The molecule has 0 bridgehead atoms. The van der Waals surface area contributed by atoms with Crippen molar-refractivity contribution in [2.75, 3.05) is 0 Å². The standard InChI is InChI=1S/C15H13NO/c1-11-16-14-10-6-5-9-13(14)15(17-11)12-7-3-2-4-8-12/h2-10,15H,1H3. The summed E-state index contributed by atoms with van der Waals surface area (Å²) in [6.07, 6.45) is -0.0371. The lowest BCUT2D eigenvalue weighted by Gasteiger charge is -2.25. The van der Waals surface area contributed by atoms with E-state index in [0.29, 0.717) is 0 Å². The molecule has 1 aliphatic rings. The Morgan fingerprint density at radius 3 is 2.47 bits per heavy atom. The van der Waals surface area contributed by atoms with E-state index in [9.17, 15) is 0 Å². The number of nitrogens with zero attached hydrogens (tertiary/aromatic N) is 1. The van der Waals surface area contributed by atoms with Gasteiger partial charge in [0.25, 0.3) is 0 Å². The van der Waals surface area contributed by atoms with Gasteiger partial charge in [-0.2, -0.15) is 0 Å². The first-order valence-corrected chi connectivity index (χ1v) is 5.70. The molecule has 0 aliphatic carbocycles. The minimum atomic E-state index is -0.0371. The van der Waals surface area contributed by atoms with Gasteiger partial charge in [0, 0.05) is 12.5 Å². The molecule has 1 unspecified atom stereocenters. The van der Waals surface area contributed by atoms with Crippen molar-refractivity contribution < 1.29 is 4.74 Å². The highest BCUT2D eigenvalue weighted by molar-refractivity contribution is 5.80. The van der Waals surface area contributed by atoms with E-state index in [1.807, 2.05) is 43.3 Å². The summed E-state index contributed by atoms with van der Waals surface area (Å²) in [5, 5.41) is 0. The second-order valence-corrected chi connectivity index (χ2v) is 4.10. The Balaban J connectivity index is 2.11. The zero-order valence-corrected chi connectivity index (χ0v) is 9.63.